The Labute approximate surface area is 173 Å². The van der Waals surface area contributed by atoms with Gasteiger partial charge in [-0.25, -0.2) is 8.42 Å². The highest BCUT2D eigenvalue weighted by atomic mass is 32.2. The van der Waals surface area contributed by atoms with Crippen LogP contribution >= 0.6 is 0 Å². The van der Waals surface area contributed by atoms with E-state index in [9.17, 15) is 18.5 Å². The summed E-state index contributed by atoms with van der Waals surface area (Å²) < 4.78 is 26.5. The quantitative estimate of drug-likeness (QED) is 0.651. The molecular weight excluding hydrogens is 402 g/mol. The molecule has 1 saturated carbocycles. The van der Waals surface area contributed by atoms with Crippen molar-refractivity contribution in [3.63, 3.8) is 0 Å². The normalized spacial score (nSPS) is 20.6. The van der Waals surface area contributed by atoms with Crippen molar-refractivity contribution in [2.24, 2.45) is 5.92 Å². The van der Waals surface area contributed by atoms with E-state index in [0.717, 1.165) is 18.4 Å². The first kappa shape index (κ1) is 18.9. The van der Waals surface area contributed by atoms with E-state index in [1.165, 1.54) is 0 Å². The van der Waals surface area contributed by atoms with Crippen LogP contribution in [0.25, 0.3) is 10.9 Å². The minimum absolute atomic E-state index is 0.0686. The molecule has 2 aliphatic rings. The fraction of sp³-hybridized carbons (Fsp3) is 0.381. The van der Waals surface area contributed by atoms with Gasteiger partial charge in [0.25, 0.3) is 5.56 Å². The lowest BCUT2D eigenvalue weighted by Crippen LogP contribution is -2.13. The highest BCUT2D eigenvalue weighted by Gasteiger charge is 2.35. The number of hydrogen-bond acceptors (Lipinski definition) is 6. The predicted molar refractivity (Wildman–Crippen MR) is 112 cm³/mol. The smallest absolute Gasteiger partial charge is 0.261 e. The third-order valence-corrected chi connectivity index (χ3v) is 8.32. The number of hydrogen-bond donors (Lipinski definition) is 2. The number of benzene rings is 1. The first-order valence-electron chi connectivity index (χ1n) is 10.0. The number of aromatic nitrogens is 3. The van der Waals surface area contributed by atoms with Crippen molar-refractivity contribution >= 4 is 32.2 Å². The van der Waals surface area contributed by atoms with Crippen LogP contribution in [0.15, 0.2) is 40.2 Å². The molecule has 2 atom stereocenters. The summed E-state index contributed by atoms with van der Waals surface area (Å²) in [6, 6.07) is 9.10. The average Bonchev–Trinajstić information content (AvgIpc) is 3.44. The Hall–Kier alpha value is -3.12. The van der Waals surface area contributed by atoms with E-state index in [1.54, 1.807) is 36.0 Å². The van der Waals surface area contributed by atoms with E-state index >= 15 is 0 Å². The van der Waals surface area contributed by atoms with Crippen molar-refractivity contribution in [2.45, 2.75) is 48.8 Å². The molecule has 2 aromatic heterocycles. The maximum Gasteiger partial charge on any atom is 0.261 e. The Balaban J connectivity index is 1.58. The topological polar surface area (TPSA) is 121 Å². The van der Waals surface area contributed by atoms with E-state index in [2.05, 4.69) is 21.5 Å². The number of rotatable bonds is 5. The SMILES string of the molecule is CC1Cc2cc(Nc3nn([C@@H](CC#N)C4CC4)c4cc[nH]c(=O)c34)ccc2S1(=O)=O. The lowest BCUT2D eigenvalue weighted by atomic mass is 10.1. The van der Waals surface area contributed by atoms with E-state index in [0.29, 0.717) is 46.1 Å². The van der Waals surface area contributed by atoms with Crippen LogP contribution in [0.2, 0.25) is 0 Å². The summed E-state index contributed by atoms with van der Waals surface area (Å²) >= 11 is 0. The molecule has 3 heterocycles. The zero-order chi connectivity index (χ0) is 21.0. The number of nitrogens with one attached hydrogen (secondary N) is 2. The zero-order valence-corrected chi connectivity index (χ0v) is 17.2. The molecule has 1 fully saturated rings. The number of H-pyrrole nitrogens is 1. The van der Waals surface area contributed by atoms with Crippen molar-refractivity contribution in [3.8, 4) is 6.07 Å². The van der Waals surface area contributed by atoms with Gasteiger partial charge in [-0.3, -0.25) is 9.48 Å². The van der Waals surface area contributed by atoms with Gasteiger partial charge in [0, 0.05) is 11.9 Å². The molecular formula is C21H21N5O3S. The van der Waals surface area contributed by atoms with Crippen LogP contribution < -0.4 is 10.9 Å². The summed E-state index contributed by atoms with van der Waals surface area (Å²) in [7, 11) is -3.26. The second-order valence-corrected chi connectivity index (χ2v) is 10.5. The third kappa shape index (κ3) is 2.91. The monoisotopic (exact) mass is 423 g/mol. The van der Waals surface area contributed by atoms with Gasteiger partial charge in [-0.05, 0) is 61.9 Å². The molecule has 8 nitrogen and oxygen atoms in total. The summed E-state index contributed by atoms with van der Waals surface area (Å²) in [6.07, 6.45) is 4.50. The van der Waals surface area contributed by atoms with Gasteiger partial charge in [0.2, 0.25) is 0 Å². The van der Waals surface area contributed by atoms with E-state index in [-0.39, 0.29) is 11.6 Å². The largest absolute Gasteiger partial charge is 0.338 e. The Bertz CT molecular complexity index is 1360. The number of anilines is 2. The first-order chi connectivity index (χ1) is 14.4. The molecule has 1 unspecified atom stereocenters. The summed E-state index contributed by atoms with van der Waals surface area (Å²) in [4.78, 5) is 15.7. The molecule has 5 rings (SSSR count). The lowest BCUT2D eigenvalue weighted by Gasteiger charge is -2.14. The van der Waals surface area contributed by atoms with Gasteiger partial charge in [0.1, 0.15) is 5.39 Å². The summed E-state index contributed by atoms with van der Waals surface area (Å²) in [5, 5.41) is 17.2. The van der Waals surface area contributed by atoms with E-state index < -0.39 is 15.1 Å². The minimum atomic E-state index is -3.26. The minimum Gasteiger partial charge on any atom is -0.338 e. The lowest BCUT2D eigenvalue weighted by molar-refractivity contribution is 0.426. The molecule has 3 aromatic rings. The van der Waals surface area contributed by atoms with Crippen molar-refractivity contribution in [1.82, 2.24) is 14.8 Å². The maximum atomic E-state index is 12.6. The van der Waals surface area contributed by atoms with Gasteiger partial charge in [-0.2, -0.15) is 10.4 Å². The predicted octanol–water partition coefficient (Wildman–Crippen LogP) is 3.05. The highest BCUT2D eigenvalue weighted by molar-refractivity contribution is 7.92. The van der Waals surface area contributed by atoms with Crippen LogP contribution in [-0.2, 0) is 16.3 Å². The molecule has 9 heteroatoms. The molecule has 1 aliphatic carbocycles. The van der Waals surface area contributed by atoms with Crippen molar-refractivity contribution in [2.75, 3.05) is 5.32 Å². The number of nitriles is 1. The van der Waals surface area contributed by atoms with Gasteiger partial charge in [-0.1, -0.05) is 0 Å². The van der Waals surface area contributed by atoms with Gasteiger partial charge in [0.15, 0.2) is 15.7 Å². The van der Waals surface area contributed by atoms with Crippen LogP contribution in [-0.4, -0.2) is 28.4 Å². The molecule has 0 bridgehead atoms. The van der Waals surface area contributed by atoms with Crippen molar-refractivity contribution in [1.29, 1.82) is 5.26 Å². The molecule has 1 aromatic carbocycles. The second kappa shape index (κ2) is 6.71. The van der Waals surface area contributed by atoms with E-state index in [4.69, 9.17) is 0 Å². The molecule has 154 valence electrons. The number of fused-ring (bicyclic) bond motifs is 2. The van der Waals surface area contributed by atoms with Crippen LogP contribution in [0.1, 0.15) is 37.8 Å². The van der Waals surface area contributed by atoms with Gasteiger partial charge < -0.3 is 10.3 Å². The Morgan fingerprint density at radius 1 is 1.37 bits per heavy atom. The molecule has 0 radical (unpaired) electrons. The second-order valence-electron chi connectivity index (χ2n) is 8.13. The van der Waals surface area contributed by atoms with Crippen LogP contribution in [0.4, 0.5) is 11.5 Å². The number of sulfone groups is 1. The number of pyridine rings is 1. The average molecular weight is 423 g/mol. The zero-order valence-electron chi connectivity index (χ0n) is 16.4. The van der Waals surface area contributed by atoms with Crippen molar-refractivity contribution < 1.29 is 8.42 Å². The highest BCUT2D eigenvalue weighted by Crippen LogP contribution is 2.43. The molecule has 0 spiro atoms. The van der Waals surface area contributed by atoms with Crippen LogP contribution in [0, 0.1) is 17.2 Å². The summed E-state index contributed by atoms with van der Waals surface area (Å²) in [5.74, 6) is 0.802. The van der Waals surface area contributed by atoms with Crippen molar-refractivity contribution in [3.05, 3.63) is 46.4 Å². The summed E-state index contributed by atoms with van der Waals surface area (Å²) in [5.41, 5.74) is 1.87. The molecule has 2 N–H and O–H groups in total. The molecule has 1 aliphatic heterocycles. The summed E-state index contributed by atoms with van der Waals surface area (Å²) in [6.45, 7) is 1.71. The van der Waals surface area contributed by atoms with Gasteiger partial charge in [0.05, 0.1) is 34.2 Å². The fourth-order valence-corrected chi connectivity index (χ4v) is 5.93. The van der Waals surface area contributed by atoms with Crippen LogP contribution in [0.3, 0.4) is 0 Å². The van der Waals surface area contributed by atoms with Gasteiger partial charge >= 0.3 is 0 Å². The van der Waals surface area contributed by atoms with E-state index in [1.807, 2.05) is 6.07 Å². The Morgan fingerprint density at radius 3 is 2.90 bits per heavy atom. The number of nitrogens with zero attached hydrogens (tertiary/aromatic N) is 3. The van der Waals surface area contributed by atoms with Crippen LogP contribution in [0.5, 0.6) is 0 Å². The fourth-order valence-electron chi connectivity index (χ4n) is 4.33. The third-order valence-electron chi connectivity index (χ3n) is 6.08. The Kier molecular flexibility index (Phi) is 4.22. The molecule has 0 saturated heterocycles. The molecule has 30 heavy (non-hydrogen) atoms. The number of aromatic amines is 1. The standard InChI is InChI=1S/C21H21N5O3S/c1-12-10-14-11-15(4-5-18(14)30(12,28)29)24-20-19-17(7-9-23-21(19)27)26(25-20)16(6-8-22)13-2-3-13/h4-5,7,9,11-13,16H,2-3,6,10H2,1H3,(H,23,27)(H,24,25)/t12?,16-/m0/s1. The first-order valence-corrected chi connectivity index (χ1v) is 11.6. The Morgan fingerprint density at radius 2 is 2.17 bits per heavy atom. The van der Waals surface area contributed by atoms with Gasteiger partial charge in [-0.15, -0.1) is 0 Å². The molecule has 0 amide bonds. The maximum absolute atomic E-state index is 12.6.